The lowest BCUT2D eigenvalue weighted by Gasteiger charge is -2.45. The Morgan fingerprint density at radius 2 is 2.26 bits per heavy atom. The van der Waals surface area contributed by atoms with Crippen LogP contribution >= 0.6 is 0 Å². The van der Waals surface area contributed by atoms with Gasteiger partial charge in [-0.2, -0.15) is 0 Å². The first kappa shape index (κ1) is 17.7. The second-order valence-corrected chi connectivity index (χ2v) is 6.15. The molecule has 0 unspecified atom stereocenters. The van der Waals surface area contributed by atoms with Gasteiger partial charge in [-0.1, -0.05) is 13.3 Å². The van der Waals surface area contributed by atoms with Crippen molar-refractivity contribution in [3.63, 3.8) is 0 Å². The van der Waals surface area contributed by atoms with Gasteiger partial charge in [0.1, 0.15) is 0 Å². The van der Waals surface area contributed by atoms with Gasteiger partial charge in [0.05, 0.1) is 19.8 Å². The molecule has 6 heteroatoms. The number of hydrogen-bond donors (Lipinski definition) is 2. The average molecular weight is 325 g/mol. The Hall–Kier alpha value is -1.66. The molecule has 2 atom stereocenters. The maximum atomic E-state index is 13.8. The number of rotatable bonds is 5. The molecule has 1 aromatic carbocycles. The van der Waals surface area contributed by atoms with Crippen molar-refractivity contribution in [1.82, 2.24) is 4.90 Å². The lowest BCUT2D eigenvalue weighted by Crippen LogP contribution is -2.55. The van der Waals surface area contributed by atoms with Crippen molar-refractivity contribution >= 4 is 5.91 Å². The molecule has 23 heavy (non-hydrogen) atoms. The van der Waals surface area contributed by atoms with Gasteiger partial charge in [0, 0.05) is 24.1 Å². The van der Waals surface area contributed by atoms with E-state index in [2.05, 4.69) is 0 Å². The molecule has 1 amide bonds. The summed E-state index contributed by atoms with van der Waals surface area (Å²) >= 11 is 0. The molecule has 0 spiro atoms. The second-order valence-electron chi connectivity index (χ2n) is 6.15. The van der Waals surface area contributed by atoms with Crippen LogP contribution in [0.2, 0.25) is 0 Å². The molecule has 1 aliphatic rings. The van der Waals surface area contributed by atoms with Crippen molar-refractivity contribution in [3.8, 4) is 5.75 Å². The first-order valence-corrected chi connectivity index (χ1v) is 7.89. The molecule has 1 fully saturated rings. The number of aliphatic hydroxyl groups excluding tert-OH is 2. The molecule has 0 bridgehead atoms. The Balaban J connectivity index is 2.21. The predicted molar refractivity (Wildman–Crippen MR) is 83.9 cm³/mol. The van der Waals surface area contributed by atoms with Crippen LogP contribution in [0.1, 0.15) is 36.5 Å². The number of hydrogen-bond acceptors (Lipinski definition) is 4. The number of piperidine rings is 1. The smallest absolute Gasteiger partial charge is 0.253 e. The Bertz CT molecular complexity index is 566. The highest BCUT2D eigenvalue weighted by Crippen LogP contribution is 2.35. The van der Waals surface area contributed by atoms with E-state index in [1.54, 1.807) is 4.90 Å². The van der Waals surface area contributed by atoms with E-state index in [1.807, 2.05) is 6.92 Å². The summed E-state index contributed by atoms with van der Waals surface area (Å²) in [5.74, 6) is -0.795. The fraction of sp³-hybridized carbons (Fsp3) is 0.588. The Morgan fingerprint density at radius 3 is 2.83 bits per heavy atom. The first-order valence-electron chi connectivity index (χ1n) is 7.89. The third-order valence-electron chi connectivity index (χ3n) is 4.63. The minimum Gasteiger partial charge on any atom is -0.494 e. The zero-order valence-electron chi connectivity index (χ0n) is 13.6. The van der Waals surface area contributed by atoms with E-state index in [0.29, 0.717) is 19.4 Å². The Labute approximate surface area is 135 Å². The average Bonchev–Trinajstić information content (AvgIpc) is 2.56. The lowest BCUT2D eigenvalue weighted by molar-refractivity contribution is -0.0720. The van der Waals surface area contributed by atoms with Gasteiger partial charge in [-0.25, -0.2) is 4.39 Å². The summed E-state index contributed by atoms with van der Waals surface area (Å²) in [5.41, 5.74) is -0.462. The van der Waals surface area contributed by atoms with E-state index >= 15 is 0 Å². The molecular formula is C17H24FNO4. The Kier molecular flexibility index (Phi) is 5.59. The topological polar surface area (TPSA) is 70.0 Å². The van der Waals surface area contributed by atoms with E-state index in [4.69, 9.17) is 4.74 Å². The minimum absolute atomic E-state index is 0.0892. The van der Waals surface area contributed by atoms with Crippen molar-refractivity contribution < 1.29 is 24.1 Å². The normalized spacial score (nSPS) is 24.6. The van der Waals surface area contributed by atoms with Gasteiger partial charge in [0.25, 0.3) is 5.91 Å². The summed E-state index contributed by atoms with van der Waals surface area (Å²) < 4.78 is 18.7. The molecule has 1 aliphatic heterocycles. The van der Waals surface area contributed by atoms with Crippen molar-refractivity contribution in [3.05, 3.63) is 29.6 Å². The number of aliphatic hydroxyl groups is 2. The van der Waals surface area contributed by atoms with Crippen LogP contribution < -0.4 is 4.74 Å². The lowest BCUT2D eigenvalue weighted by atomic mass is 9.74. The Morgan fingerprint density at radius 1 is 1.52 bits per heavy atom. The molecule has 0 aliphatic carbocycles. The van der Waals surface area contributed by atoms with Crippen LogP contribution in [0.5, 0.6) is 5.75 Å². The molecule has 1 heterocycles. The maximum absolute atomic E-state index is 13.8. The van der Waals surface area contributed by atoms with Crippen LogP contribution in [-0.2, 0) is 0 Å². The first-order chi connectivity index (χ1) is 11.0. The van der Waals surface area contributed by atoms with E-state index in [0.717, 1.165) is 12.5 Å². The molecule has 0 radical (unpaired) electrons. The molecule has 0 aromatic heterocycles. The van der Waals surface area contributed by atoms with Gasteiger partial charge in [-0.15, -0.1) is 0 Å². The fourth-order valence-electron chi connectivity index (χ4n) is 3.28. The van der Waals surface area contributed by atoms with Crippen molar-refractivity contribution in [2.75, 3.05) is 26.8 Å². The second kappa shape index (κ2) is 7.27. The number of benzene rings is 1. The van der Waals surface area contributed by atoms with E-state index < -0.39 is 17.3 Å². The standard InChI is InChI=1S/C17H24FNO4/c1-3-7-17(11-20)10-19(8-6-15(17)21)16(22)12-4-5-14(23-2)13(18)9-12/h4-5,9,15,20-21H,3,6-8,10-11H2,1-2H3/t15-,17+/m1/s1. The number of methoxy groups -OCH3 is 1. The summed E-state index contributed by atoms with van der Waals surface area (Å²) in [6, 6.07) is 4.11. The predicted octanol–water partition coefficient (Wildman–Crippen LogP) is 1.82. The van der Waals surface area contributed by atoms with Crippen LogP contribution in [0.4, 0.5) is 4.39 Å². The zero-order valence-corrected chi connectivity index (χ0v) is 13.6. The molecule has 5 nitrogen and oxygen atoms in total. The van der Waals surface area contributed by atoms with Gasteiger partial charge < -0.3 is 19.8 Å². The van der Waals surface area contributed by atoms with E-state index in [9.17, 15) is 19.4 Å². The van der Waals surface area contributed by atoms with Gasteiger partial charge in [0.2, 0.25) is 0 Å². The molecule has 2 N–H and O–H groups in total. The van der Waals surface area contributed by atoms with E-state index in [-0.39, 0.29) is 30.4 Å². The van der Waals surface area contributed by atoms with Gasteiger partial charge in [-0.05, 0) is 31.0 Å². The number of likely N-dealkylation sites (tertiary alicyclic amines) is 1. The highest BCUT2D eigenvalue weighted by Gasteiger charge is 2.43. The van der Waals surface area contributed by atoms with Gasteiger partial charge in [0.15, 0.2) is 11.6 Å². The van der Waals surface area contributed by atoms with Crippen molar-refractivity contribution in [2.24, 2.45) is 5.41 Å². The number of nitrogens with zero attached hydrogens (tertiary/aromatic N) is 1. The number of halogens is 1. The van der Waals surface area contributed by atoms with Crippen molar-refractivity contribution in [2.45, 2.75) is 32.3 Å². The highest BCUT2D eigenvalue weighted by molar-refractivity contribution is 5.94. The highest BCUT2D eigenvalue weighted by atomic mass is 19.1. The van der Waals surface area contributed by atoms with Gasteiger partial charge >= 0.3 is 0 Å². The van der Waals surface area contributed by atoms with Crippen LogP contribution in [0.3, 0.4) is 0 Å². The van der Waals surface area contributed by atoms with Crippen LogP contribution in [0.15, 0.2) is 18.2 Å². The molecular weight excluding hydrogens is 301 g/mol. The monoisotopic (exact) mass is 325 g/mol. The molecule has 1 aromatic rings. The minimum atomic E-state index is -0.701. The maximum Gasteiger partial charge on any atom is 0.253 e. The molecule has 1 saturated heterocycles. The summed E-state index contributed by atoms with van der Waals surface area (Å²) in [5, 5.41) is 20.0. The van der Waals surface area contributed by atoms with Crippen LogP contribution in [0.25, 0.3) is 0 Å². The molecule has 0 saturated carbocycles. The number of amides is 1. The van der Waals surface area contributed by atoms with Crippen LogP contribution in [0, 0.1) is 11.2 Å². The number of ether oxygens (including phenoxy) is 1. The van der Waals surface area contributed by atoms with Crippen LogP contribution in [-0.4, -0.2) is 53.9 Å². The quantitative estimate of drug-likeness (QED) is 0.866. The molecule has 128 valence electrons. The third kappa shape index (κ3) is 3.48. The summed E-state index contributed by atoms with van der Waals surface area (Å²) in [6.07, 6.45) is 1.21. The van der Waals surface area contributed by atoms with Gasteiger partial charge in [-0.3, -0.25) is 4.79 Å². The SMILES string of the molecule is CCC[C@@]1(CO)CN(C(=O)c2ccc(OC)c(F)c2)CC[C@H]1O. The summed E-state index contributed by atoms with van der Waals surface area (Å²) in [4.78, 5) is 14.2. The number of carbonyl (C=O) groups excluding carboxylic acids is 1. The van der Waals surface area contributed by atoms with Crippen molar-refractivity contribution in [1.29, 1.82) is 0 Å². The summed E-state index contributed by atoms with van der Waals surface area (Å²) in [7, 11) is 1.37. The summed E-state index contributed by atoms with van der Waals surface area (Å²) in [6.45, 7) is 2.45. The third-order valence-corrected chi connectivity index (χ3v) is 4.63. The fourth-order valence-corrected chi connectivity index (χ4v) is 3.28. The number of carbonyl (C=O) groups is 1. The zero-order chi connectivity index (χ0) is 17.0. The van der Waals surface area contributed by atoms with E-state index in [1.165, 1.54) is 19.2 Å². The molecule has 2 rings (SSSR count). The largest absolute Gasteiger partial charge is 0.494 e.